The fourth-order valence-corrected chi connectivity index (χ4v) is 1.93. The highest BCUT2D eigenvalue weighted by atomic mass is 19.4. The molecule has 0 saturated heterocycles. The number of nitrogens with one attached hydrogen (secondary N) is 1. The summed E-state index contributed by atoms with van der Waals surface area (Å²) in [4.78, 5) is 11.9. The minimum atomic E-state index is -4.71. The van der Waals surface area contributed by atoms with E-state index < -0.39 is 18.6 Å². The number of nitrogens with zero attached hydrogens (tertiary/aromatic N) is 6. The van der Waals surface area contributed by atoms with Crippen LogP contribution in [-0.4, -0.2) is 34.5 Å². The van der Waals surface area contributed by atoms with Crippen LogP contribution in [-0.2, 0) is 20.0 Å². The monoisotopic (exact) mass is 331 g/mol. The molecule has 0 aliphatic heterocycles. The van der Waals surface area contributed by atoms with E-state index >= 15 is 0 Å². The van der Waals surface area contributed by atoms with E-state index in [9.17, 15) is 18.0 Å². The lowest BCUT2D eigenvalue weighted by Gasteiger charge is -2.13. The van der Waals surface area contributed by atoms with Crippen LogP contribution in [0.5, 0.6) is 5.88 Å². The Morgan fingerprint density at radius 3 is 2.74 bits per heavy atom. The Morgan fingerprint density at radius 2 is 2.17 bits per heavy atom. The topological polar surface area (TPSA) is 95.5 Å². The van der Waals surface area contributed by atoms with Crippen molar-refractivity contribution in [1.29, 1.82) is 0 Å². The molecule has 9 nitrogen and oxygen atoms in total. The van der Waals surface area contributed by atoms with Gasteiger partial charge in [0, 0.05) is 25.5 Å². The lowest BCUT2D eigenvalue weighted by atomic mass is 10.4. The number of ether oxygens (including phenoxy) is 1. The predicted octanol–water partition coefficient (Wildman–Crippen LogP) is 0.546. The Kier molecular flexibility index (Phi) is 3.13. The molecule has 0 aromatic carbocycles. The van der Waals surface area contributed by atoms with Gasteiger partial charge in [-0.15, -0.1) is 18.3 Å². The van der Waals surface area contributed by atoms with Crippen molar-refractivity contribution in [1.82, 2.24) is 34.5 Å². The van der Waals surface area contributed by atoms with Gasteiger partial charge in [-0.1, -0.05) is 0 Å². The van der Waals surface area contributed by atoms with E-state index in [2.05, 4.69) is 15.5 Å². The van der Waals surface area contributed by atoms with Gasteiger partial charge in [-0.05, 0) is 16.5 Å². The maximum atomic E-state index is 13.1. The van der Waals surface area contributed by atoms with Crippen LogP contribution in [0.2, 0.25) is 1.41 Å². The van der Waals surface area contributed by atoms with E-state index in [1.54, 1.807) is 0 Å². The van der Waals surface area contributed by atoms with Crippen LogP contribution in [0.15, 0.2) is 29.3 Å². The SMILES string of the molecule is [3H]n1ccc(OCc2c(-n3nnn(C)c3=O)ccn2C(F)(F)F)n1. The first-order valence-electron chi connectivity index (χ1n) is 6.66. The third-order valence-electron chi connectivity index (χ3n) is 2.99. The van der Waals surface area contributed by atoms with Gasteiger partial charge in [0.2, 0.25) is 5.88 Å². The fraction of sp³-hybridized carbons (Fsp3) is 0.273. The molecule has 23 heavy (non-hydrogen) atoms. The largest absolute Gasteiger partial charge is 0.488 e. The average molecular weight is 331 g/mol. The van der Waals surface area contributed by atoms with Gasteiger partial charge in [0.1, 0.15) is 6.61 Å². The zero-order chi connectivity index (χ0) is 17.5. The Balaban J connectivity index is 2.02. The Morgan fingerprint density at radius 1 is 1.39 bits per heavy atom. The Hall–Kier alpha value is -3.05. The molecule has 0 atom stereocenters. The van der Waals surface area contributed by atoms with E-state index in [4.69, 9.17) is 6.15 Å². The van der Waals surface area contributed by atoms with Gasteiger partial charge in [0.15, 0.2) is 1.41 Å². The van der Waals surface area contributed by atoms with E-state index in [-0.39, 0.29) is 21.8 Å². The average Bonchev–Trinajstić information content (AvgIpc) is 3.17. The van der Waals surface area contributed by atoms with Crippen LogP contribution in [0.3, 0.4) is 0 Å². The molecule has 3 rings (SSSR count). The number of hydrogen-bond donors (Lipinski definition) is 1. The van der Waals surface area contributed by atoms with Crippen LogP contribution < -0.4 is 10.4 Å². The first-order valence-corrected chi connectivity index (χ1v) is 6.22. The second-order valence-corrected chi connectivity index (χ2v) is 4.44. The minimum absolute atomic E-state index is 0.0150. The highest BCUT2D eigenvalue weighted by Crippen LogP contribution is 2.28. The first-order chi connectivity index (χ1) is 11.3. The van der Waals surface area contributed by atoms with Crippen molar-refractivity contribution in [2.45, 2.75) is 12.9 Å². The molecule has 0 fully saturated rings. The fourth-order valence-electron chi connectivity index (χ4n) is 1.93. The summed E-state index contributed by atoms with van der Waals surface area (Å²) in [5.41, 5.74) is -1.17. The van der Waals surface area contributed by atoms with E-state index in [0.29, 0.717) is 5.09 Å². The van der Waals surface area contributed by atoms with Crippen molar-refractivity contribution in [3.05, 3.63) is 40.7 Å². The van der Waals surface area contributed by atoms with Crippen LogP contribution in [0, 0.1) is 0 Å². The van der Waals surface area contributed by atoms with Crippen molar-refractivity contribution >= 4 is 0 Å². The normalized spacial score (nSPS) is 12.4. The smallest absolute Gasteiger partial charge is 0.470 e. The molecule has 0 radical (unpaired) electrons. The molecule has 12 heteroatoms. The summed E-state index contributed by atoms with van der Waals surface area (Å²) in [7, 11) is 1.32. The summed E-state index contributed by atoms with van der Waals surface area (Å²) < 4.78 is 53.4. The number of aromatic nitrogens is 7. The van der Waals surface area contributed by atoms with Gasteiger partial charge in [-0.25, -0.2) is 4.79 Å². The van der Waals surface area contributed by atoms with Crippen LogP contribution in [0.25, 0.3) is 5.69 Å². The Labute approximate surface area is 127 Å². The second kappa shape index (κ2) is 5.30. The number of halogens is 3. The number of aryl methyl sites for hydroxylation is 1. The maximum absolute atomic E-state index is 13.1. The lowest BCUT2D eigenvalue weighted by molar-refractivity contribution is -0.205. The molecule has 0 unspecified atom stereocenters. The van der Waals surface area contributed by atoms with Crippen molar-refractivity contribution in [2.24, 2.45) is 7.05 Å². The number of hydrogen-bond acceptors (Lipinski definition) is 5. The lowest BCUT2D eigenvalue weighted by Crippen LogP contribution is -2.25. The number of rotatable bonds is 4. The molecule has 3 heterocycles. The van der Waals surface area contributed by atoms with E-state index in [1.165, 1.54) is 19.3 Å². The summed E-state index contributed by atoms with van der Waals surface area (Å²) in [5, 5.41) is 11.3. The molecular weight excluding hydrogens is 319 g/mol. The summed E-state index contributed by atoms with van der Waals surface area (Å²) >= 11 is 0. The van der Waals surface area contributed by atoms with Crippen LogP contribution in [0.4, 0.5) is 13.2 Å². The molecule has 1 N–H and O–H groups in total. The number of H-pyrrole nitrogens is 1. The van der Waals surface area contributed by atoms with Crippen molar-refractivity contribution < 1.29 is 19.3 Å². The third kappa shape index (κ3) is 2.69. The number of aromatic amines is 1. The van der Waals surface area contributed by atoms with Gasteiger partial charge in [-0.3, -0.25) is 9.66 Å². The Bertz CT molecular complexity index is 923. The van der Waals surface area contributed by atoms with Gasteiger partial charge in [0.05, 0.1) is 11.4 Å². The highest BCUT2D eigenvalue weighted by Gasteiger charge is 2.34. The van der Waals surface area contributed by atoms with E-state index in [1.807, 2.05) is 0 Å². The minimum Gasteiger partial charge on any atom is -0.470 e. The van der Waals surface area contributed by atoms with Gasteiger partial charge >= 0.3 is 12.0 Å². The molecule has 0 spiro atoms. The van der Waals surface area contributed by atoms with Crippen molar-refractivity contribution in [3.63, 3.8) is 0 Å². The molecule has 122 valence electrons. The second-order valence-electron chi connectivity index (χ2n) is 4.44. The first kappa shape index (κ1) is 13.6. The van der Waals surface area contributed by atoms with E-state index in [0.717, 1.165) is 21.6 Å². The third-order valence-corrected chi connectivity index (χ3v) is 2.99. The molecule has 3 aromatic rings. The highest BCUT2D eigenvalue weighted by molar-refractivity contribution is 5.37. The van der Waals surface area contributed by atoms with Gasteiger partial charge in [0.25, 0.3) is 0 Å². The summed E-state index contributed by atoms with van der Waals surface area (Å²) in [6, 6.07) is 2.41. The van der Waals surface area contributed by atoms with Crippen LogP contribution >= 0.6 is 0 Å². The van der Waals surface area contributed by atoms with Crippen LogP contribution in [0.1, 0.15) is 5.69 Å². The zero-order valence-electron chi connectivity index (χ0n) is 12.6. The van der Waals surface area contributed by atoms with Gasteiger partial charge < -0.3 is 4.74 Å². The number of tetrazole rings is 1. The molecule has 0 bridgehead atoms. The standard InChI is InChI=1S/C11H10F3N7O2/c1-19-10(22)21(18-17-19)7-3-5-20(11(12,13)14)8(7)6-23-9-2-4-15-16-9/h2-5H,6H2,1H3,(H,15,16)/i/hT. The predicted molar refractivity (Wildman–Crippen MR) is 68.8 cm³/mol. The zero-order valence-corrected chi connectivity index (χ0v) is 11.6. The van der Waals surface area contributed by atoms with Crippen molar-refractivity contribution in [2.75, 3.05) is 0 Å². The molecular formula is C11H10F3N7O2. The molecule has 0 aliphatic rings. The summed E-state index contributed by atoms with van der Waals surface area (Å²) in [6.07, 6.45) is -2.69. The molecule has 3 aromatic heterocycles. The summed E-state index contributed by atoms with van der Waals surface area (Å²) in [6.45, 7) is -0.540. The molecule has 0 amide bonds. The summed E-state index contributed by atoms with van der Waals surface area (Å²) in [5.74, 6) is -0.0302. The molecule has 0 saturated carbocycles. The van der Waals surface area contributed by atoms with Gasteiger partial charge in [-0.2, -0.15) is 9.36 Å². The quantitative estimate of drug-likeness (QED) is 0.753. The maximum Gasteiger partial charge on any atom is 0.488 e. The molecule has 0 aliphatic carbocycles. The number of alkyl halides is 3. The van der Waals surface area contributed by atoms with Crippen molar-refractivity contribution in [3.8, 4) is 11.6 Å².